The number of carbonyl (C=O) groups is 1. The predicted octanol–water partition coefficient (Wildman–Crippen LogP) is 4.50. The molecule has 0 aliphatic rings. The van der Waals surface area contributed by atoms with Crippen LogP contribution in [0.15, 0.2) is 36.4 Å². The lowest BCUT2D eigenvalue weighted by Crippen LogP contribution is -2.04. The maximum Gasteiger partial charge on any atom is 0.193 e. The highest BCUT2D eigenvalue weighted by atomic mass is 35.5. The van der Waals surface area contributed by atoms with Gasteiger partial charge >= 0.3 is 0 Å². The van der Waals surface area contributed by atoms with Crippen molar-refractivity contribution < 1.29 is 4.79 Å². The van der Waals surface area contributed by atoms with Crippen LogP contribution in [0, 0.1) is 20.8 Å². The van der Waals surface area contributed by atoms with Crippen LogP contribution in [0.25, 0.3) is 0 Å². The fraction of sp³-hybridized carbons (Fsp3) is 0.188. The highest BCUT2D eigenvalue weighted by molar-refractivity contribution is 6.31. The minimum absolute atomic E-state index is 0.0260. The third-order valence-corrected chi connectivity index (χ3v) is 3.48. The summed E-state index contributed by atoms with van der Waals surface area (Å²) in [6.45, 7) is 5.86. The Kier molecular flexibility index (Phi) is 3.53. The zero-order chi connectivity index (χ0) is 13.3. The number of halogens is 1. The van der Waals surface area contributed by atoms with Gasteiger partial charge in [0.15, 0.2) is 5.78 Å². The van der Waals surface area contributed by atoms with Crippen molar-refractivity contribution in [1.29, 1.82) is 0 Å². The predicted molar refractivity (Wildman–Crippen MR) is 75.5 cm³/mol. The van der Waals surface area contributed by atoms with Gasteiger partial charge in [-0.05, 0) is 44.0 Å². The molecular weight excluding hydrogens is 244 g/mol. The van der Waals surface area contributed by atoms with Crippen LogP contribution in [0.2, 0.25) is 5.02 Å². The van der Waals surface area contributed by atoms with E-state index in [0.717, 1.165) is 22.3 Å². The molecule has 0 heterocycles. The van der Waals surface area contributed by atoms with Gasteiger partial charge in [-0.2, -0.15) is 0 Å². The second-order valence-electron chi connectivity index (χ2n) is 4.61. The minimum atomic E-state index is 0.0260. The third kappa shape index (κ3) is 2.46. The van der Waals surface area contributed by atoms with Crippen LogP contribution in [0.5, 0.6) is 0 Å². The molecule has 0 spiro atoms. The first-order valence-corrected chi connectivity index (χ1v) is 6.25. The van der Waals surface area contributed by atoms with E-state index >= 15 is 0 Å². The Morgan fingerprint density at radius 3 is 2.28 bits per heavy atom. The summed E-state index contributed by atoms with van der Waals surface area (Å²) in [4.78, 5) is 12.4. The van der Waals surface area contributed by atoms with Crippen LogP contribution in [0.3, 0.4) is 0 Å². The van der Waals surface area contributed by atoms with E-state index in [4.69, 9.17) is 11.6 Å². The molecule has 0 fully saturated rings. The lowest BCUT2D eigenvalue weighted by atomic mass is 9.97. The van der Waals surface area contributed by atoms with E-state index < -0.39 is 0 Å². The molecule has 1 nitrogen and oxygen atoms in total. The van der Waals surface area contributed by atoms with Crippen molar-refractivity contribution in [2.24, 2.45) is 0 Å². The highest BCUT2D eigenvalue weighted by Gasteiger charge is 2.12. The van der Waals surface area contributed by atoms with E-state index in [1.54, 1.807) is 6.07 Å². The summed E-state index contributed by atoms with van der Waals surface area (Å²) in [5, 5.41) is 0.631. The Balaban J connectivity index is 2.47. The Labute approximate surface area is 112 Å². The molecule has 2 heteroatoms. The van der Waals surface area contributed by atoms with Gasteiger partial charge in [-0.1, -0.05) is 41.4 Å². The van der Waals surface area contributed by atoms with E-state index in [1.165, 1.54) is 0 Å². The van der Waals surface area contributed by atoms with Crippen molar-refractivity contribution in [3.05, 3.63) is 69.2 Å². The van der Waals surface area contributed by atoms with Crippen molar-refractivity contribution in [2.45, 2.75) is 20.8 Å². The molecule has 0 aromatic heterocycles. The van der Waals surface area contributed by atoms with Gasteiger partial charge in [0.2, 0.25) is 0 Å². The lowest BCUT2D eigenvalue weighted by Gasteiger charge is -2.07. The first-order chi connectivity index (χ1) is 8.49. The monoisotopic (exact) mass is 258 g/mol. The first-order valence-electron chi connectivity index (χ1n) is 5.87. The fourth-order valence-corrected chi connectivity index (χ4v) is 2.05. The average Bonchev–Trinajstić information content (AvgIpc) is 2.35. The molecule has 0 radical (unpaired) electrons. The van der Waals surface area contributed by atoms with E-state index in [1.807, 2.05) is 51.1 Å². The Morgan fingerprint density at radius 2 is 1.61 bits per heavy atom. The fourth-order valence-electron chi connectivity index (χ4n) is 1.87. The van der Waals surface area contributed by atoms with Crippen molar-refractivity contribution >= 4 is 17.4 Å². The maximum absolute atomic E-state index is 12.4. The Morgan fingerprint density at radius 1 is 0.944 bits per heavy atom. The van der Waals surface area contributed by atoms with Crippen LogP contribution in [0.4, 0.5) is 0 Å². The molecule has 0 saturated heterocycles. The van der Waals surface area contributed by atoms with Gasteiger partial charge in [0.1, 0.15) is 0 Å². The number of carbonyl (C=O) groups excluding carboxylic acids is 1. The summed E-state index contributed by atoms with van der Waals surface area (Å²) in [7, 11) is 0. The topological polar surface area (TPSA) is 17.1 Å². The van der Waals surface area contributed by atoms with Gasteiger partial charge in [0.05, 0.1) is 0 Å². The molecule has 0 atom stereocenters. The molecule has 0 aliphatic heterocycles. The number of rotatable bonds is 2. The Hall–Kier alpha value is -1.60. The minimum Gasteiger partial charge on any atom is -0.289 e. The molecule has 0 unspecified atom stereocenters. The van der Waals surface area contributed by atoms with Crippen LogP contribution in [-0.4, -0.2) is 5.78 Å². The van der Waals surface area contributed by atoms with E-state index in [2.05, 4.69) is 0 Å². The highest BCUT2D eigenvalue weighted by Crippen LogP contribution is 2.21. The number of hydrogen-bond acceptors (Lipinski definition) is 1. The molecule has 2 aromatic carbocycles. The van der Waals surface area contributed by atoms with Crippen LogP contribution >= 0.6 is 11.6 Å². The molecule has 2 rings (SSSR count). The van der Waals surface area contributed by atoms with Crippen LogP contribution < -0.4 is 0 Å². The quantitative estimate of drug-likeness (QED) is 0.725. The molecule has 0 amide bonds. The summed E-state index contributed by atoms with van der Waals surface area (Å²) < 4.78 is 0. The average molecular weight is 259 g/mol. The van der Waals surface area contributed by atoms with Crippen LogP contribution in [0.1, 0.15) is 32.6 Å². The van der Waals surface area contributed by atoms with Crippen molar-refractivity contribution in [2.75, 3.05) is 0 Å². The molecule has 92 valence electrons. The first kappa shape index (κ1) is 12.8. The number of aryl methyl sites for hydroxylation is 3. The van der Waals surface area contributed by atoms with Crippen molar-refractivity contribution in [1.82, 2.24) is 0 Å². The number of benzene rings is 2. The van der Waals surface area contributed by atoms with E-state index in [0.29, 0.717) is 10.6 Å². The summed E-state index contributed by atoms with van der Waals surface area (Å²) in [5.41, 5.74) is 4.44. The third-order valence-electron chi connectivity index (χ3n) is 3.07. The Bertz CT molecular complexity index is 614. The molecule has 2 aromatic rings. The summed E-state index contributed by atoms with van der Waals surface area (Å²) >= 11 is 6.06. The van der Waals surface area contributed by atoms with Gasteiger partial charge in [-0.15, -0.1) is 0 Å². The molecule has 0 bridgehead atoms. The number of ketones is 1. The van der Waals surface area contributed by atoms with Gasteiger partial charge in [-0.25, -0.2) is 0 Å². The molecule has 0 aliphatic carbocycles. The van der Waals surface area contributed by atoms with Gasteiger partial charge in [-0.3, -0.25) is 4.79 Å². The number of hydrogen-bond donors (Lipinski definition) is 0. The molecule has 0 saturated carbocycles. The largest absolute Gasteiger partial charge is 0.289 e. The van der Waals surface area contributed by atoms with Crippen LogP contribution in [-0.2, 0) is 0 Å². The molecule has 18 heavy (non-hydrogen) atoms. The second-order valence-corrected chi connectivity index (χ2v) is 5.02. The van der Waals surface area contributed by atoms with E-state index in [9.17, 15) is 4.79 Å². The smallest absolute Gasteiger partial charge is 0.193 e. The normalized spacial score (nSPS) is 10.4. The maximum atomic E-state index is 12.4. The van der Waals surface area contributed by atoms with E-state index in [-0.39, 0.29) is 5.78 Å². The van der Waals surface area contributed by atoms with Crippen molar-refractivity contribution in [3.8, 4) is 0 Å². The summed E-state index contributed by atoms with van der Waals surface area (Å²) in [6, 6.07) is 11.3. The molecule has 0 N–H and O–H groups in total. The molecular formula is C16H15ClO. The van der Waals surface area contributed by atoms with Gasteiger partial charge in [0, 0.05) is 16.1 Å². The lowest BCUT2D eigenvalue weighted by molar-refractivity contribution is 0.103. The SMILES string of the molecule is Cc1ccc(C)c(C(=O)c2ccc(C)c(Cl)c2)c1. The van der Waals surface area contributed by atoms with Gasteiger partial charge in [0.25, 0.3) is 0 Å². The summed E-state index contributed by atoms with van der Waals surface area (Å²) in [5.74, 6) is 0.0260. The summed E-state index contributed by atoms with van der Waals surface area (Å²) in [6.07, 6.45) is 0. The second kappa shape index (κ2) is 4.95. The van der Waals surface area contributed by atoms with Crippen molar-refractivity contribution in [3.63, 3.8) is 0 Å². The van der Waals surface area contributed by atoms with Gasteiger partial charge < -0.3 is 0 Å². The zero-order valence-corrected chi connectivity index (χ0v) is 11.5. The zero-order valence-electron chi connectivity index (χ0n) is 10.8. The standard InChI is InChI=1S/C16H15ClO/c1-10-4-5-11(2)14(8-10)16(18)13-7-6-12(3)15(17)9-13/h4-9H,1-3H3.